The number of hydrogen-bond donors (Lipinski definition) is 1. The molecule has 1 amide bonds. The number of thioether (sulfide) groups is 1. The van der Waals surface area contributed by atoms with Gasteiger partial charge in [0.1, 0.15) is 0 Å². The molecule has 0 aliphatic carbocycles. The fraction of sp³-hybridized carbons (Fsp3) is 0.280. The Kier molecular flexibility index (Phi) is 7.48. The van der Waals surface area contributed by atoms with E-state index in [9.17, 15) is 22.8 Å². The van der Waals surface area contributed by atoms with Crippen molar-refractivity contribution < 1.29 is 27.5 Å². The number of aromatic nitrogens is 1. The number of alkyl halides is 3. The van der Waals surface area contributed by atoms with E-state index < -0.39 is 29.5 Å². The molecule has 4 rings (SSSR count). The molecule has 3 heterocycles. The number of esters is 1. The summed E-state index contributed by atoms with van der Waals surface area (Å²) < 4.78 is 47.4. The van der Waals surface area contributed by atoms with Crippen molar-refractivity contribution >= 4 is 28.8 Å². The van der Waals surface area contributed by atoms with Gasteiger partial charge in [-0.25, -0.2) is 9.79 Å². The Morgan fingerprint density at radius 3 is 2.56 bits per heavy atom. The van der Waals surface area contributed by atoms with Gasteiger partial charge in [0.05, 0.1) is 24.6 Å². The Labute approximate surface area is 210 Å². The molecule has 0 spiro atoms. The van der Waals surface area contributed by atoms with Crippen LogP contribution < -0.4 is 5.32 Å². The summed E-state index contributed by atoms with van der Waals surface area (Å²) in [5.41, 5.74) is 0.569. The summed E-state index contributed by atoms with van der Waals surface area (Å²) in [4.78, 5) is 35.0. The average molecular weight is 517 g/mol. The van der Waals surface area contributed by atoms with Crippen LogP contribution in [0, 0.1) is 6.92 Å². The van der Waals surface area contributed by atoms with E-state index in [1.165, 1.54) is 11.8 Å². The van der Waals surface area contributed by atoms with Crippen molar-refractivity contribution in [2.75, 3.05) is 6.61 Å². The van der Waals surface area contributed by atoms with Gasteiger partial charge >= 0.3 is 12.1 Å². The highest BCUT2D eigenvalue weighted by Crippen LogP contribution is 2.48. The van der Waals surface area contributed by atoms with Crippen LogP contribution in [0.5, 0.6) is 0 Å². The number of hydrogen-bond acceptors (Lipinski definition) is 7. The molecule has 2 aliphatic rings. The fourth-order valence-corrected chi connectivity index (χ4v) is 4.92. The van der Waals surface area contributed by atoms with Crippen molar-refractivity contribution in [1.82, 2.24) is 15.2 Å². The minimum Gasteiger partial charge on any atom is -0.463 e. The summed E-state index contributed by atoms with van der Waals surface area (Å²) in [6, 6.07) is 9.25. The maximum absolute atomic E-state index is 14.1. The van der Waals surface area contributed by atoms with Gasteiger partial charge in [-0.1, -0.05) is 36.0 Å². The van der Waals surface area contributed by atoms with Gasteiger partial charge in [-0.2, -0.15) is 13.2 Å². The second kappa shape index (κ2) is 10.6. The zero-order valence-corrected chi connectivity index (χ0v) is 20.3. The number of halogens is 3. The van der Waals surface area contributed by atoms with E-state index >= 15 is 0 Å². The number of fused-ring (bicyclic) bond motifs is 1. The quantitative estimate of drug-likeness (QED) is 0.534. The number of aliphatic imine (C=N–C) groups is 1. The predicted octanol–water partition coefficient (Wildman–Crippen LogP) is 4.78. The van der Waals surface area contributed by atoms with Crippen molar-refractivity contribution in [2.45, 2.75) is 39.0 Å². The van der Waals surface area contributed by atoms with E-state index in [2.05, 4.69) is 15.3 Å². The summed E-state index contributed by atoms with van der Waals surface area (Å²) in [5.74, 6) is -1.43. The molecule has 0 saturated carbocycles. The van der Waals surface area contributed by atoms with Crippen LogP contribution >= 0.6 is 11.8 Å². The Morgan fingerprint density at radius 1 is 1.17 bits per heavy atom. The summed E-state index contributed by atoms with van der Waals surface area (Å²) in [6.07, 6.45) is -1.77. The van der Waals surface area contributed by atoms with Crippen molar-refractivity contribution in [3.05, 3.63) is 87.9 Å². The average Bonchev–Trinajstić information content (AvgIpc) is 3.24. The van der Waals surface area contributed by atoms with E-state index in [4.69, 9.17) is 4.74 Å². The number of rotatable bonds is 7. The minimum absolute atomic E-state index is 0.0422. The summed E-state index contributed by atoms with van der Waals surface area (Å²) >= 11 is 0.981. The fourth-order valence-electron chi connectivity index (χ4n) is 4.00. The Morgan fingerprint density at radius 2 is 1.89 bits per heavy atom. The third-order valence-corrected chi connectivity index (χ3v) is 6.53. The number of carbonyl (C=O) groups excluding carboxylic acids is 2. The highest BCUT2D eigenvalue weighted by molar-refractivity contribution is 8.16. The second-order valence-electron chi connectivity index (χ2n) is 8.04. The van der Waals surface area contributed by atoms with Gasteiger partial charge < -0.3 is 15.0 Å². The molecule has 0 radical (unpaired) electrons. The van der Waals surface area contributed by atoms with Crippen LogP contribution in [-0.2, 0) is 20.9 Å². The number of benzene rings is 1. The van der Waals surface area contributed by atoms with Gasteiger partial charge in [0.15, 0.2) is 10.9 Å². The Balaban J connectivity index is 1.71. The summed E-state index contributed by atoms with van der Waals surface area (Å²) in [6.45, 7) is 3.45. The SMILES string of the molecule is CCOC(=O)C1=C(C(F)(F)F)N=C2SC=C(CC(=O)NCc3ccncc3)N2C1c1ccccc1C. The Hall–Kier alpha value is -3.60. The lowest BCUT2D eigenvalue weighted by Gasteiger charge is -2.37. The standard InChI is InChI=1S/C25H23F3N4O3S/c1-3-35-23(34)20-21(18-7-5-4-6-15(18)2)32-17(14-36-24(32)31-22(20)25(26,27)28)12-19(33)30-13-16-8-10-29-11-9-16/h4-11,14,21H,3,12-13H2,1-2H3,(H,30,33). The molecular weight excluding hydrogens is 493 g/mol. The first kappa shape index (κ1) is 25.5. The van der Waals surface area contributed by atoms with Gasteiger partial charge in [-0.3, -0.25) is 9.78 Å². The highest BCUT2D eigenvalue weighted by Gasteiger charge is 2.49. The van der Waals surface area contributed by atoms with E-state index in [1.54, 1.807) is 61.1 Å². The minimum atomic E-state index is -4.88. The van der Waals surface area contributed by atoms with Crippen LogP contribution in [-0.4, -0.2) is 39.7 Å². The first-order valence-corrected chi connectivity index (χ1v) is 12.0. The first-order chi connectivity index (χ1) is 17.2. The maximum atomic E-state index is 14.1. The largest absolute Gasteiger partial charge is 0.463 e. The molecule has 0 bridgehead atoms. The molecule has 188 valence electrons. The molecule has 2 aliphatic heterocycles. The number of nitrogens with one attached hydrogen (secondary N) is 1. The first-order valence-electron chi connectivity index (χ1n) is 11.1. The van der Waals surface area contributed by atoms with Gasteiger partial charge in [0.25, 0.3) is 0 Å². The van der Waals surface area contributed by atoms with Crippen molar-refractivity contribution in [1.29, 1.82) is 0 Å². The van der Waals surface area contributed by atoms with Crippen LogP contribution in [0.1, 0.15) is 36.1 Å². The number of carbonyl (C=O) groups is 2. The predicted molar refractivity (Wildman–Crippen MR) is 129 cm³/mol. The number of pyridine rings is 1. The molecule has 1 aromatic carbocycles. The molecule has 2 aromatic rings. The normalized spacial score (nSPS) is 17.4. The lowest BCUT2D eigenvalue weighted by Crippen LogP contribution is -2.40. The number of nitrogens with zero attached hydrogens (tertiary/aromatic N) is 3. The summed E-state index contributed by atoms with van der Waals surface area (Å²) in [7, 11) is 0. The number of amides is 1. The van der Waals surface area contributed by atoms with Gasteiger partial charge in [-0.15, -0.1) is 0 Å². The van der Waals surface area contributed by atoms with Gasteiger partial charge in [0.2, 0.25) is 5.91 Å². The van der Waals surface area contributed by atoms with Gasteiger partial charge in [-0.05, 0) is 48.1 Å². The second-order valence-corrected chi connectivity index (χ2v) is 8.88. The highest BCUT2D eigenvalue weighted by atomic mass is 32.2. The lowest BCUT2D eigenvalue weighted by atomic mass is 9.90. The monoisotopic (exact) mass is 516 g/mol. The number of allylic oxidation sites excluding steroid dienone is 1. The third kappa shape index (κ3) is 5.30. The van der Waals surface area contributed by atoms with Crippen molar-refractivity contribution in [2.24, 2.45) is 4.99 Å². The zero-order chi connectivity index (χ0) is 25.9. The van der Waals surface area contributed by atoms with Crippen LogP contribution in [0.4, 0.5) is 13.2 Å². The number of aryl methyl sites for hydroxylation is 1. The molecule has 7 nitrogen and oxygen atoms in total. The van der Waals surface area contributed by atoms with Crippen LogP contribution in [0.2, 0.25) is 0 Å². The lowest BCUT2D eigenvalue weighted by molar-refractivity contribution is -0.140. The van der Waals surface area contributed by atoms with Crippen LogP contribution in [0.3, 0.4) is 0 Å². The molecule has 1 unspecified atom stereocenters. The van der Waals surface area contributed by atoms with Crippen molar-refractivity contribution in [3.63, 3.8) is 0 Å². The molecule has 0 fully saturated rings. The Bertz CT molecular complexity index is 1260. The smallest absolute Gasteiger partial charge is 0.434 e. The topological polar surface area (TPSA) is 83.9 Å². The molecular formula is C25H23F3N4O3S. The van der Waals surface area contributed by atoms with E-state index in [0.717, 1.165) is 17.3 Å². The molecule has 1 atom stereocenters. The van der Waals surface area contributed by atoms with Crippen molar-refractivity contribution in [3.8, 4) is 0 Å². The molecule has 1 N–H and O–H groups in total. The van der Waals surface area contributed by atoms with Crippen LogP contribution in [0.25, 0.3) is 0 Å². The zero-order valence-electron chi connectivity index (χ0n) is 19.5. The van der Waals surface area contributed by atoms with E-state index in [1.807, 2.05) is 0 Å². The van der Waals surface area contributed by atoms with E-state index in [-0.39, 0.29) is 30.6 Å². The molecule has 11 heteroatoms. The summed E-state index contributed by atoms with van der Waals surface area (Å²) in [5, 5.41) is 4.45. The van der Waals surface area contributed by atoms with E-state index in [0.29, 0.717) is 16.8 Å². The van der Waals surface area contributed by atoms with Crippen LogP contribution in [0.15, 0.2) is 76.2 Å². The maximum Gasteiger partial charge on any atom is 0.434 e. The number of amidine groups is 1. The third-order valence-electron chi connectivity index (χ3n) is 5.64. The molecule has 36 heavy (non-hydrogen) atoms. The molecule has 0 saturated heterocycles. The molecule has 1 aromatic heterocycles. The van der Waals surface area contributed by atoms with Gasteiger partial charge in [0, 0.05) is 24.6 Å². The number of ether oxygens (including phenoxy) is 1.